The molecule has 3 rings (SSSR count). The van der Waals surface area contributed by atoms with Crippen LogP contribution in [0, 0.1) is 0 Å². The van der Waals surface area contributed by atoms with E-state index in [1.54, 1.807) is 13.2 Å². The average Bonchev–Trinajstić information content (AvgIpc) is 3.19. The van der Waals surface area contributed by atoms with Gasteiger partial charge in [-0.3, -0.25) is 9.79 Å². The van der Waals surface area contributed by atoms with Crippen molar-refractivity contribution in [2.45, 2.75) is 38.7 Å². The summed E-state index contributed by atoms with van der Waals surface area (Å²) in [5.74, 6) is 2.02. The summed E-state index contributed by atoms with van der Waals surface area (Å²) in [5.41, 5.74) is 0. The molecule has 0 saturated carbocycles. The Labute approximate surface area is 178 Å². The first-order valence-corrected chi connectivity index (χ1v) is 9.65. The van der Waals surface area contributed by atoms with Crippen LogP contribution in [0.1, 0.15) is 31.9 Å². The first-order valence-electron chi connectivity index (χ1n) is 9.65. The van der Waals surface area contributed by atoms with Crippen LogP contribution in [-0.4, -0.2) is 73.6 Å². The standard InChI is InChI=1S/C19H30N4O3.HI/c1-16(24)22-9-11-23(12-10-22)19(20-8-7-17-6-4-14-25-17)21-15-18-5-2-3-13-26-18;/h4,6,14,18H,2-3,5,7-13,15H2,1H3,(H,20,21);1H. The van der Waals surface area contributed by atoms with E-state index in [1.165, 1.54) is 6.42 Å². The van der Waals surface area contributed by atoms with Gasteiger partial charge in [0.05, 0.1) is 18.9 Å². The highest BCUT2D eigenvalue weighted by atomic mass is 127. The van der Waals surface area contributed by atoms with Crippen LogP contribution in [0.15, 0.2) is 27.8 Å². The second-order valence-electron chi connectivity index (χ2n) is 6.90. The number of hydrogen-bond acceptors (Lipinski definition) is 4. The highest BCUT2D eigenvalue weighted by Gasteiger charge is 2.22. The Morgan fingerprint density at radius 2 is 2.04 bits per heavy atom. The molecule has 1 N–H and O–H groups in total. The lowest BCUT2D eigenvalue weighted by molar-refractivity contribution is -0.130. The number of carbonyl (C=O) groups excluding carboxylic acids is 1. The number of aliphatic imine (C=N–C) groups is 1. The number of rotatable bonds is 5. The average molecular weight is 490 g/mol. The minimum atomic E-state index is 0. The highest BCUT2D eigenvalue weighted by Crippen LogP contribution is 2.13. The van der Waals surface area contributed by atoms with Crippen LogP contribution < -0.4 is 5.32 Å². The van der Waals surface area contributed by atoms with Crippen molar-refractivity contribution in [3.63, 3.8) is 0 Å². The molecule has 0 bridgehead atoms. The molecular formula is C19H31IN4O3. The summed E-state index contributed by atoms with van der Waals surface area (Å²) in [5, 5.41) is 3.47. The quantitative estimate of drug-likeness (QED) is 0.389. The highest BCUT2D eigenvalue weighted by molar-refractivity contribution is 14.0. The van der Waals surface area contributed by atoms with E-state index in [0.717, 1.165) is 70.3 Å². The van der Waals surface area contributed by atoms with Crippen LogP contribution in [0.2, 0.25) is 0 Å². The smallest absolute Gasteiger partial charge is 0.219 e. The minimum absolute atomic E-state index is 0. The largest absolute Gasteiger partial charge is 0.469 e. The van der Waals surface area contributed by atoms with E-state index in [9.17, 15) is 4.79 Å². The summed E-state index contributed by atoms with van der Waals surface area (Å²) in [6.45, 7) is 7.03. The first kappa shape index (κ1) is 22.0. The molecule has 0 radical (unpaired) electrons. The van der Waals surface area contributed by atoms with Crippen LogP contribution in [-0.2, 0) is 16.0 Å². The fourth-order valence-corrected chi connectivity index (χ4v) is 3.39. The predicted octanol–water partition coefficient (Wildman–Crippen LogP) is 2.12. The molecule has 2 aliphatic heterocycles. The molecule has 1 aromatic rings. The molecule has 2 aliphatic rings. The number of carbonyl (C=O) groups is 1. The molecule has 0 aromatic carbocycles. The molecule has 27 heavy (non-hydrogen) atoms. The van der Waals surface area contributed by atoms with Gasteiger partial charge in [-0.15, -0.1) is 24.0 Å². The summed E-state index contributed by atoms with van der Waals surface area (Å²) in [6.07, 6.45) is 6.20. The van der Waals surface area contributed by atoms with Crippen molar-refractivity contribution in [2.24, 2.45) is 4.99 Å². The normalized spacial score (nSPS) is 20.9. The Morgan fingerprint density at radius 3 is 2.67 bits per heavy atom. The maximum absolute atomic E-state index is 11.5. The molecule has 8 heteroatoms. The van der Waals surface area contributed by atoms with Gasteiger partial charge in [0.25, 0.3) is 0 Å². The van der Waals surface area contributed by atoms with Crippen LogP contribution >= 0.6 is 24.0 Å². The topological polar surface area (TPSA) is 70.3 Å². The van der Waals surface area contributed by atoms with Gasteiger partial charge in [0.2, 0.25) is 5.91 Å². The molecule has 1 amide bonds. The zero-order valence-corrected chi connectivity index (χ0v) is 18.4. The Balaban J connectivity index is 0.00000261. The summed E-state index contributed by atoms with van der Waals surface area (Å²) in [6, 6.07) is 3.89. The SMILES string of the molecule is CC(=O)N1CCN(C(=NCC2CCCCO2)NCCc2ccco2)CC1.I. The predicted molar refractivity (Wildman–Crippen MR) is 116 cm³/mol. The van der Waals surface area contributed by atoms with Crippen LogP contribution in [0.25, 0.3) is 0 Å². The maximum Gasteiger partial charge on any atom is 0.219 e. The number of nitrogens with one attached hydrogen (secondary N) is 1. The lowest BCUT2D eigenvalue weighted by Gasteiger charge is -2.36. The van der Waals surface area contributed by atoms with Crippen molar-refractivity contribution in [1.29, 1.82) is 0 Å². The number of hydrogen-bond donors (Lipinski definition) is 1. The van der Waals surface area contributed by atoms with Gasteiger partial charge in [-0.2, -0.15) is 0 Å². The number of amides is 1. The monoisotopic (exact) mass is 490 g/mol. The lowest BCUT2D eigenvalue weighted by Crippen LogP contribution is -2.53. The number of halogens is 1. The third-order valence-electron chi connectivity index (χ3n) is 4.98. The Hall–Kier alpha value is -1.29. The van der Waals surface area contributed by atoms with E-state index in [-0.39, 0.29) is 36.0 Å². The first-order chi connectivity index (χ1) is 12.7. The van der Waals surface area contributed by atoms with Crippen molar-refractivity contribution < 1.29 is 13.9 Å². The minimum Gasteiger partial charge on any atom is -0.469 e. The fraction of sp³-hybridized carbons (Fsp3) is 0.684. The summed E-state index contributed by atoms with van der Waals surface area (Å²) < 4.78 is 11.2. The van der Waals surface area contributed by atoms with Gasteiger partial charge < -0.3 is 24.3 Å². The second-order valence-corrected chi connectivity index (χ2v) is 6.90. The van der Waals surface area contributed by atoms with E-state index < -0.39 is 0 Å². The fourth-order valence-electron chi connectivity index (χ4n) is 3.39. The van der Waals surface area contributed by atoms with Crippen molar-refractivity contribution in [3.05, 3.63) is 24.2 Å². The van der Waals surface area contributed by atoms with E-state index in [0.29, 0.717) is 6.54 Å². The van der Waals surface area contributed by atoms with Crippen molar-refractivity contribution in [1.82, 2.24) is 15.1 Å². The molecule has 1 unspecified atom stereocenters. The summed E-state index contributed by atoms with van der Waals surface area (Å²) in [4.78, 5) is 20.5. The maximum atomic E-state index is 11.5. The van der Waals surface area contributed by atoms with E-state index in [1.807, 2.05) is 17.0 Å². The van der Waals surface area contributed by atoms with Crippen molar-refractivity contribution in [3.8, 4) is 0 Å². The third kappa shape index (κ3) is 6.99. The van der Waals surface area contributed by atoms with Gasteiger partial charge in [-0.1, -0.05) is 0 Å². The molecule has 2 fully saturated rings. The second kappa shape index (κ2) is 11.5. The molecule has 152 valence electrons. The molecule has 2 saturated heterocycles. The molecule has 7 nitrogen and oxygen atoms in total. The van der Waals surface area contributed by atoms with Crippen molar-refractivity contribution in [2.75, 3.05) is 45.9 Å². The zero-order valence-electron chi connectivity index (χ0n) is 16.1. The number of nitrogens with zero attached hydrogens (tertiary/aromatic N) is 3. The number of ether oxygens (including phenoxy) is 1. The van der Waals surface area contributed by atoms with Gasteiger partial charge in [0.15, 0.2) is 5.96 Å². The number of piperazine rings is 1. The van der Waals surface area contributed by atoms with Gasteiger partial charge in [0, 0.05) is 52.7 Å². The molecule has 3 heterocycles. The molecule has 0 aliphatic carbocycles. The Kier molecular flexibility index (Phi) is 9.40. The van der Waals surface area contributed by atoms with Crippen molar-refractivity contribution >= 4 is 35.8 Å². The molecular weight excluding hydrogens is 459 g/mol. The molecule has 1 atom stereocenters. The third-order valence-corrected chi connectivity index (χ3v) is 4.98. The van der Waals surface area contributed by atoms with Gasteiger partial charge >= 0.3 is 0 Å². The molecule has 1 aromatic heterocycles. The van der Waals surface area contributed by atoms with Crippen LogP contribution in [0.3, 0.4) is 0 Å². The van der Waals surface area contributed by atoms with E-state index >= 15 is 0 Å². The number of guanidine groups is 1. The van der Waals surface area contributed by atoms with Crippen LogP contribution in [0.5, 0.6) is 0 Å². The van der Waals surface area contributed by atoms with E-state index in [4.69, 9.17) is 14.1 Å². The zero-order chi connectivity index (χ0) is 18.2. The Bertz CT molecular complexity index is 580. The van der Waals surface area contributed by atoms with Gasteiger partial charge in [-0.25, -0.2) is 0 Å². The van der Waals surface area contributed by atoms with Gasteiger partial charge in [0.1, 0.15) is 5.76 Å². The summed E-state index contributed by atoms with van der Waals surface area (Å²) in [7, 11) is 0. The number of furan rings is 1. The van der Waals surface area contributed by atoms with Gasteiger partial charge in [-0.05, 0) is 31.4 Å². The summed E-state index contributed by atoms with van der Waals surface area (Å²) >= 11 is 0. The van der Waals surface area contributed by atoms with E-state index in [2.05, 4.69) is 10.2 Å². The molecule has 0 spiro atoms. The van der Waals surface area contributed by atoms with Crippen LogP contribution in [0.4, 0.5) is 0 Å². The lowest BCUT2D eigenvalue weighted by atomic mass is 10.1. The Morgan fingerprint density at radius 1 is 1.26 bits per heavy atom.